The second-order valence-electron chi connectivity index (χ2n) is 12.0. The number of hydrogen-bond acceptors (Lipinski definition) is 17. The largest absolute Gasteiger partial charge is 0.504 e. The van der Waals surface area contributed by atoms with Gasteiger partial charge in [-0.05, 0) is 54.8 Å². The summed E-state index contributed by atoms with van der Waals surface area (Å²) >= 11 is 0. The number of phenols is 2. The highest BCUT2D eigenvalue weighted by Crippen LogP contribution is 2.34. The first-order valence-electron chi connectivity index (χ1n) is 16.3. The van der Waals surface area contributed by atoms with Gasteiger partial charge in [0, 0.05) is 19.9 Å². The van der Waals surface area contributed by atoms with E-state index < -0.39 is 85.9 Å². The third-order valence-electron chi connectivity index (χ3n) is 8.23. The molecule has 2 aromatic carbocycles. The Hall–Kier alpha value is -4.49. The van der Waals surface area contributed by atoms with Gasteiger partial charge < -0.3 is 68.2 Å². The summed E-state index contributed by atoms with van der Waals surface area (Å²) in [6.07, 6.45) is -12.2. The molecule has 0 saturated carbocycles. The van der Waals surface area contributed by atoms with Gasteiger partial charge in [-0.1, -0.05) is 12.1 Å². The molecule has 2 heterocycles. The van der Waals surface area contributed by atoms with Crippen molar-refractivity contribution in [3.05, 3.63) is 53.6 Å². The van der Waals surface area contributed by atoms with Gasteiger partial charge in [0.05, 0.1) is 33.5 Å². The number of carbonyl (C=O) groups excluding carboxylic acids is 3. The number of hydrogen-bond donors (Lipinski definition) is 5. The van der Waals surface area contributed by atoms with Crippen LogP contribution in [0.2, 0.25) is 0 Å². The van der Waals surface area contributed by atoms with Gasteiger partial charge in [-0.15, -0.1) is 0 Å². The van der Waals surface area contributed by atoms with E-state index in [1.807, 2.05) is 0 Å². The zero-order valence-corrected chi connectivity index (χ0v) is 29.1. The molecule has 0 aliphatic carbocycles. The molecule has 0 aromatic heterocycles. The molecule has 0 bridgehead atoms. The van der Waals surface area contributed by atoms with Crippen LogP contribution in [-0.4, -0.2) is 132 Å². The molecule has 0 spiro atoms. The van der Waals surface area contributed by atoms with E-state index in [4.69, 9.17) is 42.6 Å². The quantitative estimate of drug-likeness (QED) is 0.102. The summed E-state index contributed by atoms with van der Waals surface area (Å²) < 4.78 is 50.1. The average Bonchev–Trinajstić information content (AvgIpc) is 3.10. The molecule has 17 heteroatoms. The summed E-state index contributed by atoms with van der Waals surface area (Å²) in [5.74, 6) is -2.38. The van der Waals surface area contributed by atoms with Crippen LogP contribution in [-0.2, 0) is 54.0 Å². The predicted molar refractivity (Wildman–Crippen MR) is 176 cm³/mol. The number of carbonyl (C=O) groups is 3. The SMILES string of the molecule is COc1ccc(CCO[C@@H]2O[C@H](CO)[C@@H](OC(=O)/C=C\c3ccc(O)c(OC)c3)[C@H](O[C@@H]3O[C@@H](C)[C@H](O)[C@@H](OC(C)=O)[C@H]3OC(C)=O)[C@H]2O)cc1O. The third kappa shape index (κ3) is 10.1. The lowest BCUT2D eigenvalue weighted by Gasteiger charge is -2.47. The number of methoxy groups -OCH3 is 2. The minimum absolute atomic E-state index is 0.0601. The van der Waals surface area contributed by atoms with Crippen LogP contribution >= 0.6 is 0 Å². The van der Waals surface area contributed by atoms with E-state index in [-0.39, 0.29) is 36.0 Å². The molecule has 17 nitrogen and oxygen atoms in total. The van der Waals surface area contributed by atoms with Crippen molar-refractivity contribution >= 4 is 24.0 Å². The molecule has 286 valence electrons. The van der Waals surface area contributed by atoms with Gasteiger partial charge in [-0.3, -0.25) is 9.59 Å². The van der Waals surface area contributed by atoms with E-state index in [9.17, 15) is 39.9 Å². The van der Waals surface area contributed by atoms with Crippen molar-refractivity contribution in [1.82, 2.24) is 0 Å². The van der Waals surface area contributed by atoms with E-state index in [0.717, 1.165) is 19.9 Å². The molecule has 5 N–H and O–H groups in total. The molecule has 0 unspecified atom stereocenters. The molecule has 0 radical (unpaired) electrons. The second-order valence-corrected chi connectivity index (χ2v) is 12.0. The first kappa shape index (κ1) is 40.3. The molecule has 52 heavy (non-hydrogen) atoms. The van der Waals surface area contributed by atoms with Gasteiger partial charge in [-0.2, -0.15) is 0 Å². The number of esters is 3. The Labute approximate surface area is 299 Å². The van der Waals surface area contributed by atoms with Gasteiger partial charge in [0.15, 0.2) is 53.9 Å². The first-order valence-corrected chi connectivity index (χ1v) is 16.3. The van der Waals surface area contributed by atoms with Crippen LogP contribution < -0.4 is 9.47 Å². The zero-order valence-electron chi connectivity index (χ0n) is 29.1. The summed E-state index contributed by atoms with van der Waals surface area (Å²) in [5, 5.41) is 52.8. The van der Waals surface area contributed by atoms with E-state index in [0.29, 0.717) is 11.1 Å². The Morgan fingerprint density at radius 1 is 0.788 bits per heavy atom. The lowest BCUT2D eigenvalue weighted by atomic mass is 9.96. The fourth-order valence-corrected chi connectivity index (χ4v) is 5.69. The number of rotatable bonds is 14. The van der Waals surface area contributed by atoms with Gasteiger partial charge in [0.1, 0.15) is 24.4 Å². The highest BCUT2D eigenvalue weighted by atomic mass is 16.8. The van der Waals surface area contributed by atoms with Crippen LogP contribution in [0.4, 0.5) is 0 Å². The first-order chi connectivity index (χ1) is 24.8. The number of aromatic hydroxyl groups is 2. The van der Waals surface area contributed by atoms with Crippen LogP contribution in [0.15, 0.2) is 42.5 Å². The highest BCUT2D eigenvalue weighted by Gasteiger charge is 2.54. The molecule has 0 amide bonds. The molecule has 2 aromatic rings. The number of ether oxygens (including phenoxy) is 9. The molecule has 10 atom stereocenters. The van der Waals surface area contributed by atoms with E-state index >= 15 is 0 Å². The fraction of sp³-hybridized carbons (Fsp3) is 0.514. The summed E-state index contributed by atoms with van der Waals surface area (Å²) in [6, 6.07) is 9.09. The Balaban J connectivity index is 1.62. The minimum atomic E-state index is -1.74. The van der Waals surface area contributed by atoms with Crippen LogP contribution in [0.1, 0.15) is 31.9 Å². The number of aliphatic hydroxyl groups is 3. The van der Waals surface area contributed by atoms with Crippen molar-refractivity contribution in [2.45, 2.75) is 88.6 Å². The van der Waals surface area contributed by atoms with E-state index in [1.165, 1.54) is 51.5 Å². The van der Waals surface area contributed by atoms with E-state index in [2.05, 4.69) is 0 Å². The molecular formula is C35H44O17. The molecular weight excluding hydrogens is 692 g/mol. The van der Waals surface area contributed by atoms with Crippen LogP contribution in [0.25, 0.3) is 6.08 Å². The topological polar surface area (TPSA) is 235 Å². The maximum atomic E-state index is 13.2. The second kappa shape index (κ2) is 18.3. The molecule has 2 saturated heterocycles. The standard InChI is InChI=1S/C35H44O17/c1-17-28(42)31(48-18(2)37)33(49-19(3)38)35(47-17)52-32-29(43)34(46-13-12-21-7-10-24(44-4)23(40)14-21)50-26(16-36)30(32)51-27(41)11-8-20-6-9-22(39)25(15-20)45-5/h6-11,14-15,17,26,28-36,39-40,42-43H,12-13,16H2,1-5H3/b11-8-/t17-,26+,28-,29+,30+,31+,32+,33+,34+,35-/m0/s1. The third-order valence-corrected chi connectivity index (χ3v) is 8.23. The Bertz CT molecular complexity index is 1560. The summed E-state index contributed by atoms with van der Waals surface area (Å²) in [7, 11) is 2.77. The molecule has 2 aliphatic heterocycles. The van der Waals surface area contributed by atoms with Gasteiger partial charge in [0.25, 0.3) is 0 Å². The van der Waals surface area contributed by atoms with E-state index in [1.54, 1.807) is 12.1 Å². The normalized spacial score (nSPS) is 28.9. The van der Waals surface area contributed by atoms with Gasteiger partial charge in [0.2, 0.25) is 0 Å². The maximum Gasteiger partial charge on any atom is 0.331 e. The monoisotopic (exact) mass is 736 g/mol. The van der Waals surface area contributed by atoms with Crippen molar-refractivity contribution in [2.24, 2.45) is 0 Å². The predicted octanol–water partition coefficient (Wildman–Crippen LogP) is 0.732. The lowest BCUT2D eigenvalue weighted by Crippen LogP contribution is -2.65. The van der Waals surface area contributed by atoms with Crippen molar-refractivity contribution in [3.63, 3.8) is 0 Å². The molecule has 2 fully saturated rings. The minimum Gasteiger partial charge on any atom is -0.504 e. The van der Waals surface area contributed by atoms with Gasteiger partial charge in [-0.25, -0.2) is 4.79 Å². The summed E-state index contributed by atoms with van der Waals surface area (Å²) in [5.41, 5.74) is 1.12. The molecule has 4 rings (SSSR count). The maximum absolute atomic E-state index is 13.2. The van der Waals surface area contributed by atoms with Crippen molar-refractivity contribution in [2.75, 3.05) is 27.4 Å². The van der Waals surface area contributed by atoms with Crippen molar-refractivity contribution in [1.29, 1.82) is 0 Å². The van der Waals surface area contributed by atoms with Crippen LogP contribution in [0.3, 0.4) is 0 Å². The number of benzene rings is 2. The Morgan fingerprint density at radius 3 is 2.12 bits per heavy atom. The van der Waals surface area contributed by atoms with Gasteiger partial charge >= 0.3 is 17.9 Å². The highest BCUT2D eigenvalue weighted by molar-refractivity contribution is 5.87. The van der Waals surface area contributed by atoms with Crippen molar-refractivity contribution < 1.29 is 82.5 Å². The fourth-order valence-electron chi connectivity index (χ4n) is 5.69. The summed E-state index contributed by atoms with van der Waals surface area (Å²) in [6.45, 7) is 2.80. The van der Waals surface area contributed by atoms with Crippen molar-refractivity contribution in [3.8, 4) is 23.0 Å². The zero-order chi connectivity index (χ0) is 38.1. The Morgan fingerprint density at radius 2 is 1.48 bits per heavy atom. The molecule has 2 aliphatic rings. The van der Waals surface area contributed by atoms with Crippen LogP contribution in [0, 0.1) is 0 Å². The average molecular weight is 737 g/mol. The number of phenolic OH excluding ortho intramolecular Hbond substituents is 2. The smallest absolute Gasteiger partial charge is 0.331 e. The number of aliphatic hydroxyl groups excluding tert-OH is 3. The lowest BCUT2D eigenvalue weighted by molar-refractivity contribution is -0.358. The Kier molecular flexibility index (Phi) is 14.2. The van der Waals surface area contributed by atoms with Crippen LogP contribution in [0.5, 0.6) is 23.0 Å². The summed E-state index contributed by atoms with van der Waals surface area (Å²) in [4.78, 5) is 37.2.